The quantitative estimate of drug-likeness (QED) is 0.296. The van der Waals surface area contributed by atoms with Gasteiger partial charge in [0, 0.05) is 9.47 Å². The third-order valence-corrected chi connectivity index (χ3v) is 9.72. The summed E-state index contributed by atoms with van der Waals surface area (Å²) in [5.74, 6) is 3.48. The molecule has 0 aromatic heterocycles. The molecule has 8 atom stereocenters. The van der Waals surface area contributed by atoms with E-state index in [0.29, 0.717) is 28.6 Å². The van der Waals surface area contributed by atoms with Gasteiger partial charge in [-0.05, 0) is 96.5 Å². The molecule has 0 amide bonds. The molecule has 3 unspecified atom stereocenters. The second-order valence-corrected chi connectivity index (χ2v) is 12.9. The van der Waals surface area contributed by atoms with E-state index in [1.807, 2.05) is 0 Å². The van der Waals surface area contributed by atoms with Crippen LogP contribution in [0, 0.1) is 40.4 Å². The molecule has 0 heterocycles. The summed E-state index contributed by atoms with van der Waals surface area (Å²) in [4.78, 5) is 0. The van der Waals surface area contributed by atoms with Crippen LogP contribution >= 0.6 is 9.47 Å². The van der Waals surface area contributed by atoms with Crippen molar-refractivity contribution < 1.29 is 4.52 Å². The van der Waals surface area contributed by atoms with Gasteiger partial charge in [0.25, 0.3) is 0 Å². The van der Waals surface area contributed by atoms with Crippen LogP contribution in [-0.4, -0.2) is 6.10 Å². The van der Waals surface area contributed by atoms with Crippen LogP contribution in [0.15, 0.2) is 47.6 Å². The molecule has 0 aromatic rings. The first kappa shape index (κ1) is 26.0. The van der Waals surface area contributed by atoms with Crippen molar-refractivity contribution in [2.75, 3.05) is 0 Å². The number of hydrogen-bond acceptors (Lipinski definition) is 1. The van der Waals surface area contributed by atoms with Gasteiger partial charge in [0.05, 0.1) is 6.10 Å². The van der Waals surface area contributed by atoms with Gasteiger partial charge in [-0.3, -0.25) is 0 Å². The number of fused-ring (bicyclic) bond motifs is 1. The van der Waals surface area contributed by atoms with E-state index >= 15 is 0 Å². The fourth-order valence-electron chi connectivity index (χ4n) is 6.73. The van der Waals surface area contributed by atoms with Gasteiger partial charge in [-0.15, -0.1) is 0 Å². The van der Waals surface area contributed by atoms with Crippen molar-refractivity contribution in [2.24, 2.45) is 40.4 Å². The molecule has 32 heavy (non-hydrogen) atoms. The largest absolute Gasteiger partial charge is 0.358 e. The van der Waals surface area contributed by atoms with Crippen LogP contribution < -0.4 is 0 Å². The highest BCUT2D eigenvalue weighted by Gasteiger charge is 2.50. The molecule has 3 saturated carbocycles. The second-order valence-electron chi connectivity index (χ2n) is 12.6. The highest BCUT2D eigenvalue weighted by Crippen LogP contribution is 2.59. The number of allylic oxidation sites excluding steroid dienone is 5. The first-order chi connectivity index (χ1) is 15.0. The minimum Gasteiger partial charge on any atom is -0.358 e. The summed E-state index contributed by atoms with van der Waals surface area (Å²) >= 11 is 0. The maximum Gasteiger partial charge on any atom is 0.0860 e. The van der Waals surface area contributed by atoms with E-state index in [1.165, 1.54) is 43.3 Å². The Morgan fingerprint density at radius 3 is 2.53 bits per heavy atom. The highest BCUT2D eigenvalue weighted by molar-refractivity contribution is 7.09. The van der Waals surface area contributed by atoms with Crippen LogP contribution in [-0.2, 0) is 4.52 Å². The minimum atomic E-state index is 0.156. The molecule has 3 fully saturated rings. The van der Waals surface area contributed by atoms with Gasteiger partial charge >= 0.3 is 0 Å². The summed E-state index contributed by atoms with van der Waals surface area (Å²) in [6, 6.07) is 0. The summed E-state index contributed by atoms with van der Waals surface area (Å²) in [7, 11) is 2.45. The lowest BCUT2D eigenvalue weighted by atomic mass is 9.61. The third-order valence-electron chi connectivity index (χ3n) is 9.39. The van der Waals surface area contributed by atoms with E-state index in [1.54, 1.807) is 5.57 Å². The highest BCUT2D eigenvalue weighted by atomic mass is 31.0. The van der Waals surface area contributed by atoms with E-state index < -0.39 is 0 Å². The van der Waals surface area contributed by atoms with E-state index in [-0.39, 0.29) is 6.10 Å². The number of hydrogen-bond donors (Lipinski definition) is 0. The van der Waals surface area contributed by atoms with Crippen LogP contribution in [0.5, 0.6) is 0 Å². The molecule has 0 spiro atoms. The monoisotopic (exact) mass is 456 g/mol. The maximum atomic E-state index is 5.63. The molecule has 2 heteroatoms. The Morgan fingerprint density at radius 1 is 1.16 bits per heavy atom. The predicted octanol–water partition coefficient (Wildman–Crippen LogP) is 9.09. The van der Waals surface area contributed by atoms with Crippen molar-refractivity contribution in [2.45, 2.75) is 99.5 Å². The summed E-state index contributed by atoms with van der Waals surface area (Å²) in [5, 5.41) is 0. The molecule has 0 bridgehead atoms. The zero-order valence-electron chi connectivity index (χ0n) is 21.9. The SMILES string of the molecule is C=C1/C(=C\C=C2/CCC[C@]3(C)C([C@H](C)/C=C/C(C)C(C)(C)C)CC[C@@H]23)C[C@@H](C)C[C@@H]1OP. The Morgan fingerprint density at radius 2 is 1.88 bits per heavy atom. The zero-order chi connectivity index (χ0) is 23.7. The van der Waals surface area contributed by atoms with Gasteiger partial charge in [-0.1, -0.05) is 84.9 Å². The normalized spacial score (nSPS) is 38.4. The molecule has 1 nitrogen and oxygen atoms in total. The average molecular weight is 457 g/mol. The first-order valence-electron chi connectivity index (χ1n) is 13.1. The lowest BCUT2D eigenvalue weighted by Gasteiger charge is -2.44. The molecule has 180 valence electrons. The third kappa shape index (κ3) is 5.52. The van der Waals surface area contributed by atoms with Gasteiger partial charge in [-0.25, -0.2) is 0 Å². The van der Waals surface area contributed by atoms with Crippen molar-refractivity contribution >= 4 is 9.47 Å². The smallest absolute Gasteiger partial charge is 0.0860 e. The van der Waals surface area contributed by atoms with E-state index in [0.717, 1.165) is 24.7 Å². The standard InChI is InChI=1S/C30H49OP/c1-20-18-25(23(4)28(19-20)31-32)14-13-24-10-9-17-30(8)26(15-16-27(24)30)21(2)11-12-22(3)29(5,6)7/h11-14,20-22,26-28H,4,9-10,15-19,32H2,1-3,5-8H3/b12-11+,24-13+,25-14-/t20-,21-,22?,26?,27+,28+,30-/m1/s1. The predicted molar refractivity (Wildman–Crippen MR) is 143 cm³/mol. The van der Waals surface area contributed by atoms with Crippen molar-refractivity contribution in [3.63, 3.8) is 0 Å². The van der Waals surface area contributed by atoms with Crippen LogP contribution in [0.4, 0.5) is 0 Å². The van der Waals surface area contributed by atoms with Crippen LogP contribution in [0.3, 0.4) is 0 Å². The van der Waals surface area contributed by atoms with Gasteiger partial charge in [0.2, 0.25) is 0 Å². The summed E-state index contributed by atoms with van der Waals surface area (Å²) in [5.41, 5.74) is 5.07. The molecule has 0 aliphatic heterocycles. The first-order valence-corrected chi connectivity index (χ1v) is 13.6. The van der Waals surface area contributed by atoms with Crippen molar-refractivity contribution in [1.82, 2.24) is 0 Å². The Hall–Kier alpha value is -0.650. The summed E-state index contributed by atoms with van der Waals surface area (Å²) in [6.45, 7) is 21.2. The molecular weight excluding hydrogens is 407 g/mol. The maximum absolute atomic E-state index is 5.63. The Kier molecular flexibility index (Phi) is 8.37. The lowest BCUT2D eigenvalue weighted by molar-refractivity contribution is 0.112. The van der Waals surface area contributed by atoms with Gasteiger partial charge in [0.15, 0.2) is 0 Å². The van der Waals surface area contributed by atoms with Gasteiger partial charge in [0.1, 0.15) is 0 Å². The molecule has 3 aliphatic carbocycles. The molecule has 0 saturated heterocycles. The second kappa shape index (κ2) is 10.3. The molecular formula is C30H49OP. The Labute approximate surface area is 201 Å². The van der Waals surface area contributed by atoms with Gasteiger partial charge in [-0.2, -0.15) is 0 Å². The fourth-order valence-corrected chi connectivity index (χ4v) is 7.01. The lowest BCUT2D eigenvalue weighted by Crippen LogP contribution is -2.35. The molecule has 0 aromatic carbocycles. The van der Waals surface area contributed by atoms with Crippen molar-refractivity contribution in [1.29, 1.82) is 0 Å². The number of rotatable bonds is 5. The molecule has 3 aliphatic rings. The van der Waals surface area contributed by atoms with Crippen LogP contribution in [0.25, 0.3) is 0 Å². The van der Waals surface area contributed by atoms with Crippen molar-refractivity contribution in [3.05, 3.63) is 47.6 Å². The van der Waals surface area contributed by atoms with Crippen LogP contribution in [0.1, 0.15) is 93.4 Å². The zero-order valence-corrected chi connectivity index (χ0v) is 23.1. The van der Waals surface area contributed by atoms with Gasteiger partial charge < -0.3 is 4.52 Å². The molecule has 0 radical (unpaired) electrons. The van der Waals surface area contributed by atoms with E-state index in [4.69, 9.17) is 4.52 Å². The molecule has 0 N–H and O–H groups in total. The molecule has 3 rings (SSSR count). The van der Waals surface area contributed by atoms with Crippen molar-refractivity contribution in [3.8, 4) is 0 Å². The van der Waals surface area contributed by atoms with E-state index in [2.05, 4.69) is 88.8 Å². The van der Waals surface area contributed by atoms with Crippen LogP contribution in [0.2, 0.25) is 0 Å². The van der Waals surface area contributed by atoms with E-state index in [9.17, 15) is 0 Å². The minimum absolute atomic E-state index is 0.156. The summed E-state index contributed by atoms with van der Waals surface area (Å²) in [6.07, 6.45) is 19.0. The Balaban J connectivity index is 1.77. The average Bonchev–Trinajstić information content (AvgIpc) is 3.08. The topological polar surface area (TPSA) is 9.23 Å². The Bertz CT molecular complexity index is 766. The summed E-state index contributed by atoms with van der Waals surface area (Å²) < 4.78 is 5.63. The fraction of sp³-hybridized carbons (Fsp3) is 0.733.